The summed E-state index contributed by atoms with van der Waals surface area (Å²) in [5.74, 6) is 2.27. The van der Waals surface area contributed by atoms with Crippen molar-refractivity contribution < 1.29 is 9.47 Å². The maximum atomic E-state index is 6.12. The molecule has 160 valence electrons. The Morgan fingerprint density at radius 3 is 2.71 bits per heavy atom. The van der Waals surface area contributed by atoms with E-state index in [1.165, 1.54) is 5.56 Å². The topological polar surface area (TPSA) is 58.1 Å². The van der Waals surface area contributed by atoms with Crippen LogP contribution in [0.4, 0.5) is 0 Å². The van der Waals surface area contributed by atoms with Gasteiger partial charge in [0.15, 0.2) is 5.96 Å². The fourth-order valence-electron chi connectivity index (χ4n) is 3.14. The molecular formula is C21H37IN4O2. The van der Waals surface area contributed by atoms with E-state index < -0.39 is 0 Å². The molecule has 0 radical (unpaired) electrons. The second kappa shape index (κ2) is 14.0. The maximum Gasteiger partial charge on any atom is 0.191 e. The molecule has 2 N–H and O–H groups in total. The van der Waals surface area contributed by atoms with Crippen LogP contribution in [-0.2, 0) is 11.3 Å². The maximum absolute atomic E-state index is 6.12. The minimum absolute atomic E-state index is 0. The highest BCUT2D eigenvalue weighted by Gasteiger charge is 2.17. The summed E-state index contributed by atoms with van der Waals surface area (Å²) >= 11 is 0. The van der Waals surface area contributed by atoms with Crippen LogP contribution in [0.3, 0.4) is 0 Å². The zero-order valence-corrected chi connectivity index (χ0v) is 20.1. The van der Waals surface area contributed by atoms with Gasteiger partial charge < -0.3 is 25.0 Å². The van der Waals surface area contributed by atoms with Gasteiger partial charge in [0.2, 0.25) is 0 Å². The molecular weight excluding hydrogens is 467 g/mol. The molecule has 1 aromatic carbocycles. The summed E-state index contributed by atoms with van der Waals surface area (Å²) in [6, 6.07) is 6.37. The normalized spacial score (nSPS) is 16.8. The highest BCUT2D eigenvalue weighted by atomic mass is 127. The number of benzene rings is 1. The van der Waals surface area contributed by atoms with Crippen molar-refractivity contribution in [2.45, 2.75) is 33.7 Å². The summed E-state index contributed by atoms with van der Waals surface area (Å²) in [5, 5.41) is 6.79. The lowest BCUT2D eigenvalue weighted by Gasteiger charge is -2.20. The number of hydrogen-bond acceptors (Lipinski definition) is 4. The SMILES string of the molecule is CCN(CC)CCNC(=NC)NCc1ccc(C)cc1OCC1CCOC1.I. The van der Waals surface area contributed by atoms with Gasteiger partial charge in [0.05, 0.1) is 13.2 Å². The van der Waals surface area contributed by atoms with Gasteiger partial charge in [-0.05, 0) is 38.1 Å². The third-order valence-corrected chi connectivity index (χ3v) is 5.01. The van der Waals surface area contributed by atoms with E-state index in [1.807, 2.05) is 0 Å². The van der Waals surface area contributed by atoms with Crippen LogP contribution < -0.4 is 15.4 Å². The summed E-state index contributed by atoms with van der Waals surface area (Å²) in [7, 11) is 1.80. The van der Waals surface area contributed by atoms with E-state index in [9.17, 15) is 0 Å². The van der Waals surface area contributed by atoms with Crippen LogP contribution in [0.5, 0.6) is 5.75 Å². The molecule has 0 amide bonds. The average Bonchev–Trinajstić information content (AvgIpc) is 3.20. The zero-order chi connectivity index (χ0) is 19.5. The molecule has 0 spiro atoms. The molecule has 0 aromatic heterocycles. The number of ether oxygens (including phenoxy) is 2. The molecule has 1 aliphatic rings. The van der Waals surface area contributed by atoms with E-state index in [1.54, 1.807) is 7.05 Å². The Morgan fingerprint density at radius 1 is 1.29 bits per heavy atom. The predicted molar refractivity (Wildman–Crippen MR) is 127 cm³/mol. The van der Waals surface area contributed by atoms with Crippen LogP contribution in [0.2, 0.25) is 0 Å². The third kappa shape index (κ3) is 8.53. The molecule has 1 aliphatic heterocycles. The number of halogens is 1. The number of aliphatic imine (C=N–C) groups is 1. The molecule has 6 nitrogen and oxygen atoms in total. The molecule has 1 atom stereocenters. The predicted octanol–water partition coefficient (Wildman–Crippen LogP) is 3.04. The molecule has 1 aromatic rings. The summed E-state index contributed by atoms with van der Waals surface area (Å²) in [5.41, 5.74) is 2.35. The van der Waals surface area contributed by atoms with Crippen LogP contribution in [0.15, 0.2) is 23.2 Å². The first kappa shape index (κ1) is 25.0. The Hall–Kier alpha value is -1.06. The Morgan fingerprint density at radius 2 is 2.07 bits per heavy atom. The van der Waals surface area contributed by atoms with Gasteiger partial charge in [-0.3, -0.25) is 4.99 Å². The van der Waals surface area contributed by atoms with Crippen molar-refractivity contribution in [3.05, 3.63) is 29.3 Å². The van der Waals surface area contributed by atoms with Crippen molar-refractivity contribution in [2.75, 3.05) is 53.0 Å². The molecule has 0 saturated carbocycles. The van der Waals surface area contributed by atoms with E-state index in [-0.39, 0.29) is 24.0 Å². The van der Waals surface area contributed by atoms with Gasteiger partial charge >= 0.3 is 0 Å². The second-order valence-electron chi connectivity index (χ2n) is 7.03. The molecule has 28 heavy (non-hydrogen) atoms. The van der Waals surface area contributed by atoms with Crippen molar-refractivity contribution in [3.8, 4) is 5.75 Å². The van der Waals surface area contributed by atoms with Gasteiger partial charge in [0.25, 0.3) is 0 Å². The fraction of sp³-hybridized carbons (Fsp3) is 0.667. The Labute approximate surface area is 187 Å². The molecule has 1 heterocycles. The zero-order valence-electron chi connectivity index (χ0n) is 17.8. The summed E-state index contributed by atoms with van der Waals surface area (Å²) in [6.45, 7) is 13.6. The minimum Gasteiger partial charge on any atom is -0.493 e. The highest BCUT2D eigenvalue weighted by molar-refractivity contribution is 14.0. The van der Waals surface area contributed by atoms with E-state index in [4.69, 9.17) is 9.47 Å². The van der Waals surface area contributed by atoms with E-state index >= 15 is 0 Å². The summed E-state index contributed by atoms with van der Waals surface area (Å²) < 4.78 is 11.6. The summed E-state index contributed by atoms with van der Waals surface area (Å²) in [6.07, 6.45) is 1.09. The lowest BCUT2D eigenvalue weighted by Crippen LogP contribution is -2.41. The molecule has 0 aliphatic carbocycles. The van der Waals surface area contributed by atoms with Gasteiger partial charge in [0.1, 0.15) is 5.75 Å². The first-order chi connectivity index (χ1) is 13.2. The Balaban J connectivity index is 0.00000392. The van der Waals surface area contributed by atoms with Crippen molar-refractivity contribution in [2.24, 2.45) is 10.9 Å². The number of aryl methyl sites for hydroxylation is 1. The van der Waals surface area contributed by atoms with Crippen molar-refractivity contribution in [1.82, 2.24) is 15.5 Å². The fourth-order valence-corrected chi connectivity index (χ4v) is 3.14. The lowest BCUT2D eigenvalue weighted by molar-refractivity contribution is 0.166. The van der Waals surface area contributed by atoms with Gasteiger partial charge in [-0.2, -0.15) is 0 Å². The number of likely N-dealkylation sites (N-methyl/N-ethyl adjacent to an activating group) is 1. The monoisotopic (exact) mass is 504 g/mol. The molecule has 1 unspecified atom stereocenters. The number of guanidine groups is 1. The third-order valence-electron chi connectivity index (χ3n) is 5.01. The molecule has 2 rings (SSSR count). The van der Waals surface area contributed by atoms with Crippen LogP contribution in [0.25, 0.3) is 0 Å². The Kier molecular flexibility index (Phi) is 12.5. The first-order valence-corrected chi connectivity index (χ1v) is 10.1. The lowest BCUT2D eigenvalue weighted by atomic mass is 10.1. The van der Waals surface area contributed by atoms with Gasteiger partial charge in [-0.15, -0.1) is 24.0 Å². The van der Waals surface area contributed by atoms with Crippen molar-refractivity contribution >= 4 is 29.9 Å². The average molecular weight is 504 g/mol. The quantitative estimate of drug-likeness (QED) is 0.292. The van der Waals surface area contributed by atoms with Crippen LogP contribution in [-0.4, -0.2) is 63.9 Å². The minimum atomic E-state index is 0. The summed E-state index contributed by atoms with van der Waals surface area (Å²) in [4.78, 5) is 6.71. The van der Waals surface area contributed by atoms with Gasteiger partial charge in [-0.25, -0.2) is 0 Å². The van der Waals surface area contributed by atoms with E-state index in [0.29, 0.717) is 19.1 Å². The molecule has 1 fully saturated rings. The highest BCUT2D eigenvalue weighted by Crippen LogP contribution is 2.22. The van der Waals surface area contributed by atoms with Crippen LogP contribution in [0.1, 0.15) is 31.4 Å². The number of rotatable bonds is 10. The van der Waals surface area contributed by atoms with Crippen molar-refractivity contribution in [3.63, 3.8) is 0 Å². The molecule has 1 saturated heterocycles. The van der Waals surface area contributed by atoms with Crippen molar-refractivity contribution in [1.29, 1.82) is 0 Å². The number of nitrogens with one attached hydrogen (secondary N) is 2. The first-order valence-electron chi connectivity index (χ1n) is 10.1. The smallest absolute Gasteiger partial charge is 0.191 e. The standard InChI is InChI=1S/C21H36N4O2.HI/c1-5-25(6-2)11-10-23-21(22-4)24-14-19-8-7-17(3)13-20(19)27-16-18-9-12-26-15-18;/h7-8,13,18H,5-6,9-12,14-16H2,1-4H3,(H2,22,23,24);1H. The van der Waals surface area contributed by atoms with Gasteiger partial charge in [-0.1, -0.05) is 26.0 Å². The Bertz CT molecular complexity index is 588. The van der Waals surface area contributed by atoms with E-state index in [2.05, 4.69) is 59.5 Å². The largest absolute Gasteiger partial charge is 0.493 e. The van der Waals surface area contributed by atoms with Crippen LogP contribution >= 0.6 is 24.0 Å². The van der Waals surface area contributed by atoms with E-state index in [0.717, 1.165) is 63.1 Å². The number of nitrogens with zero attached hydrogens (tertiary/aromatic N) is 2. The molecule has 0 bridgehead atoms. The van der Waals surface area contributed by atoms with Crippen LogP contribution in [0, 0.1) is 12.8 Å². The van der Waals surface area contributed by atoms with Gasteiger partial charge in [0, 0.05) is 44.8 Å². The number of hydrogen-bond donors (Lipinski definition) is 2. The molecule has 7 heteroatoms. The second-order valence-corrected chi connectivity index (χ2v) is 7.03.